The molecule has 0 radical (unpaired) electrons. The van der Waals surface area contributed by atoms with E-state index in [0.717, 1.165) is 0 Å². The molecule has 8 heteroatoms. The number of pyridine rings is 2. The average molecular weight is 314 g/mol. The Morgan fingerprint density at radius 1 is 1.24 bits per heavy atom. The molecule has 0 spiro atoms. The first-order valence-electron chi connectivity index (χ1n) is 5.86. The van der Waals surface area contributed by atoms with E-state index in [1.807, 2.05) is 0 Å². The van der Waals surface area contributed by atoms with E-state index in [9.17, 15) is 13.6 Å². The monoisotopic (exact) mass is 313 g/mol. The molecule has 2 aromatic rings. The van der Waals surface area contributed by atoms with Crippen LogP contribution in [0.1, 0.15) is 10.5 Å². The number of anilines is 1. The van der Waals surface area contributed by atoms with Crippen molar-refractivity contribution in [1.29, 1.82) is 0 Å². The highest BCUT2D eigenvalue weighted by Gasteiger charge is 2.10. The minimum atomic E-state index is -2.60. The molecule has 0 aliphatic heterocycles. The maximum Gasteiger partial charge on any atom is 0.275 e. The van der Waals surface area contributed by atoms with Crippen molar-refractivity contribution in [1.82, 2.24) is 9.97 Å². The zero-order valence-corrected chi connectivity index (χ0v) is 11.3. The van der Waals surface area contributed by atoms with Crippen LogP contribution in [-0.2, 0) is 0 Å². The Balaban J connectivity index is 2.05. The van der Waals surface area contributed by atoms with Gasteiger partial charge in [0.2, 0.25) is 5.88 Å². The summed E-state index contributed by atoms with van der Waals surface area (Å²) in [6, 6.07) is 9.04. The van der Waals surface area contributed by atoms with Gasteiger partial charge in [0, 0.05) is 6.07 Å². The summed E-state index contributed by atoms with van der Waals surface area (Å²) in [5.74, 6) is -0.364. The lowest BCUT2D eigenvalue weighted by molar-refractivity contribution is 0.0796. The SMILES string of the molecule is O=C(Nc1cccc(OCC(F)F)n1)c1cccc(Cl)n1. The van der Waals surface area contributed by atoms with Crippen LogP contribution in [0.15, 0.2) is 36.4 Å². The number of ether oxygens (including phenoxy) is 1. The molecule has 0 atom stereocenters. The minimum Gasteiger partial charge on any atom is -0.472 e. The van der Waals surface area contributed by atoms with Gasteiger partial charge in [-0.1, -0.05) is 23.7 Å². The lowest BCUT2D eigenvalue weighted by atomic mass is 10.3. The molecule has 1 N–H and O–H groups in total. The second-order valence-corrected chi connectivity index (χ2v) is 4.25. The first kappa shape index (κ1) is 15.1. The molecule has 0 aliphatic carbocycles. The average Bonchev–Trinajstić information content (AvgIpc) is 2.45. The molecule has 0 fully saturated rings. The number of carbonyl (C=O) groups excluding carboxylic acids is 1. The van der Waals surface area contributed by atoms with Gasteiger partial charge in [0.1, 0.15) is 16.7 Å². The van der Waals surface area contributed by atoms with Crippen molar-refractivity contribution in [2.45, 2.75) is 6.43 Å². The molecule has 110 valence electrons. The maximum absolute atomic E-state index is 12.0. The van der Waals surface area contributed by atoms with Crippen molar-refractivity contribution >= 4 is 23.3 Å². The smallest absolute Gasteiger partial charge is 0.275 e. The molecular weight excluding hydrogens is 304 g/mol. The van der Waals surface area contributed by atoms with Crippen LogP contribution >= 0.6 is 11.6 Å². The molecule has 0 saturated heterocycles. The van der Waals surface area contributed by atoms with Crippen LogP contribution in [0.25, 0.3) is 0 Å². The number of amides is 1. The topological polar surface area (TPSA) is 64.1 Å². The van der Waals surface area contributed by atoms with Gasteiger partial charge in [-0.05, 0) is 18.2 Å². The lowest BCUT2D eigenvalue weighted by Gasteiger charge is -2.07. The van der Waals surface area contributed by atoms with Crippen LogP contribution in [0, 0.1) is 0 Å². The Labute approximate surface area is 123 Å². The summed E-state index contributed by atoms with van der Waals surface area (Å²) in [5, 5.41) is 2.66. The summed E-state index contributed by atoms with van der Waals surface area (Å²) in [7, 11) is 0. The second-order valence-electron chi connectivity index (χ2n) is 3.86. The van der Waals surface area contributed by atoms with Crippen molar-refractivity contribution in [3.63, 3.8) is 0 Å². The van der Waals surface area contributed by atoms with E-state index in [1.54, 1.807) is 6.07 Å². The number of aromatic nitrogens is 2. The Morgan fingerprint density at radius 3 is 2.71 bits per heavy atom. The molecule has 0 unspecified atom stereocenters. The van der Waals surface area contributed by atoms with E-state index in [-0.39, 0.29) is 22.5 Å². The highest BCUT2D eigenvalue weighted by Crippen LogP contribution is 2.13. The fraction of sp³-hybridized carbons (Fsp3) is 0.154. The first-order chi connectivity index (χ1) is 10.0. The molecule has 5 nitrogen and oxygen atoms in total. The molecule has 2 rings (SSSR count). The molecule has 0 aromatic carbocycles. The summed E-state index contributed by atoms with van der Waals surface area (Å²) in [5.41, 5.74) is 0.114. The van der Waals surface area contributed by atoms with Gasteiger partial charge in [-0.25, -0.2) is 13.8 Å². The number of halogens is 3. The summed E-state index contributed by atoms with van der Waals surface area (Å²) < 4.78 is 28.9. The molecule has 21 heavy (non-hydrogen) atoms. The quantitative estimate of drug-likeness (QED) is 0.862. The number of hydrogen-bond acceptors (Lipinski definition) is 4. The van der Waals surface area contributed by atoms with Crippen LogP contribution in [-0.4, -0.2) is 28.9 Å². The molecule has 0 bridgehead atoms. The minimum absolute atomic E-state index is 0.00727. The standard InChI is InChI=1S/C13H10ClF2N3O2/c14-9-4-1-3-8(17-9)13(20)19-11-5-2-6-12(18-11)21-7-10(15)16/h1-6,10H,7H2,(H,18,19,20). The van der Waals surface area contributed by atoms with Gasteiger partial charge in [0.25, 0.3) is 12.3 Å². The van der Waals surface area contributed by atoms with Gasteiger partial charge in [-0.3, -0.25) is 4.79 Å². The number of nitrogens with one attached hydrogen (secondary N) is 1. The first-order valence-corrected chi connectivity index (χ1v) is 6.24. The third kappa shape index (κ3) is 4.64. The van der Waals surface area contributed by atoms with Crippen LogP contribution in [0.5, 0.6) is 5.88 Å². The summed E-state index contributed by atoms with van der Waals surface area (Å²) in [6.07, 6.45) is -2.60. The Hall–Kier alpha value is -2.28. The molecule has 0 aliphatic rings. The predicted molar refractivity (Wildman–Crippen MR) is 72.9 cm³/mol. The fourth-order valence-corrected chi connectivity index (χ4v) is 1.59. The lowest BCUT2D eigenvalue weighted by Crippen LogP contribution is -2.15. The number of carbonyl (C=O) groups is 1. The van der Waals surface area contributed by atoms with Crippen molar-refractivity contribution in [2.75, 3.05) is 11.9 Å². The third-order valence-electron chi connectivity index (χ3n) is 2.27. The largest absolute Gasteiger partial charge is 0.472 e. The molecular formula is C13H10ClF2N3O2. The van der Waals surface area contributed by atoms with Gasteiger partial charge < -0.3 is 10.1 Å². The second kappa shape index (κ2) is 6.94. The van der Waals surface area contributed by atoms with E-state index in [2.05, 4.69) is 15.3 Å². The number of rotatable bonds is 5. The van der Waals surface area contributed by atoms with E-state index in [1.165, 1.54) is 30.3 Å². The van der Waals surface area contributed by atoms with Crippen molar-refractivity contribution in [3.05, 3.63) is 47.2 Å². The van der Waals surface area contributed by atoms with E-state index < -0.39 is 18.9 Å². The van der Waals surface area contributed by atoms with E-state index in [4.69, 9.17) is 16.3 Å². The molecule has 2 aromatic heterocycles. The Morgan fingerprint density at radius 2 is 2.00 bits per heavy atom. The third-order valence-corrected chi connectivity index (χ3v) is 2.48. The number of nitrogens with zero attached hydrogens (tertiary/aromatic N) is 2. The van der Waals surface area contributed by atoms with Crippen molar-refractivity contribution in [2.24, 2.45) is 0 Å². The normalized spacial score (nSPS) is 10.5. The Kier molecular flexibility index (Phi) is 4.99. The van der Waals surface area contributed by atoms with Crippen molar-refractivity contribution < 1.29 is 18.3 Å². The van der Waals surface area contributed by atoms with Gasteiger partial charge in [-0.15, -0.1) is 0 Å². The van der Waals surface area contributed by atoms with Crippen LogP contribution in [0.4, 0.5) is 14.6 Å². The number of hydrogen-bond donors (Lipinski definition) is 1. The van der Waals surface area contributed by atoms with Crippen LogP contribution in [0.3, 0.4) is 0 Å². The van der Waals surface area contributed by atoms with Gasteiger partial charge in [-0.2, -0.15) is 4.98 Å². The Bertz CT molecular complexity index is 640. The molecule has 2 heterocycles. The highest BCUT2D eigenvalue weighted by molar-refractivity contribution is 6.29. The van der Waals surface area contributed by atoms with E-state index >= 15 is 0 Å². The molecule has 1 amide bonds. The predicted octanol–water partition coefficient (Wildman–Crippen LogP) is 3.03. The zero-order chi connectivity index (χ0) is 15.2. The summed E-state index contributed by atoms with van der Waals surface area (Å²) >= 11 is 5.69. The van der Waals surface area contributed by atoms with Gasteiger partial charge in [0.05, 0.1) is 0 Å². The van der Waals surface area contributed by atoms with Gasteiger partial charge >= 0.3 is 0 Å². The van der Waals surface area contributed by atoms with Crippen molar-refractivity contribution in [3.8, 4) is 5.88 Å². The van der Waals surface area contributed by atoms with Crippen LogP contribution < -0.4 is 10.1 Å². The van der Waals surface area contributed by atoms with Crippen LogP contribution in [0.2, 0.25) is 5.15 Å². The van der Waals surface area contributed by atoms with E-state index in [0.29, 0.717) is 0 Å². The molecule has 0 saturated carbocycles. The fourth-order valence-electron chi connectivity index (χ4n) is 1.43. The number of alkyl halides is 2. The highest BCUT2D eigenvalue weighted by atomic mass is 35.5. The van der Waals surface area contributed by atoms with Gasteiger partial charge in [0.15, 0.2) is 6.61 Å². The summed E-state index contributed by atoms with van der Waals surface area (Å²) in [6.45, 7) is -0.764. The maximum atomic E-state index is 12.0. The summed E-state index contributed by atoms with van der Waals surface area (Å²) in [4.78, 5) is 19.6. The zero-order valence-electron chi connectivity index (χ0n) is 10.6.